The van der Waals surface area contributed by atoms with Gasteiger partial charge in [0.25, 0.3) is 0 Å². The first-order valence-corrected chi connectivity index (χ1v) is 15.3. The first-order valence-electron chi connectivity index (χ1n) is 13.7. The molecule has 2 N–H and O–H groups in total. The number of hydrogen-bond acceptors (Lipinski definition) is 4. The molecule has 34 heavy (non-hydrogen) atoms. The molecule has 2 heterocycles. The Bertz CT molecular complexity index is 917. The van der Waals surface area contributed by atoms with Crippen molar-refractivity contribution in [3.05, 3.63) is 55.9 Å². The second-order valence-electron chi connectivity index (χ2n) is 11.0. The van der Waals surface area contributed by atoms with Gasteiger partial charge in [-0.15, -0.1) is 22.7 Å². The van der Waals surface area contributed by atoms with Crippen LogP contribution in [-0.4, -0.2) is 12.1 Å². The van der Waals surface area contributed by atoms with Gasteiger partial charge in [0.2, 0.25) is 0 Å². The fourth-order valence-electron chi connectivity index (χ4n) is 5.75. The Labute approximate surface area is 215 Å². The molecule has 0 radical (unpaired) electrons. The topological polar surface area (TPSA) is 24.1 Å². The lowest BCUT2D eigenvalue weighted by molar-refractivity contribution is 0.282. The van der Waals surface area contributed by atoms with Gasteiger partial charge in [0.1, 0.15) is 0 Å². The molecule has 2 aromatic heterocycles. The third-order valence-electron chi connectivity index (χ3n) is 8.15. The van der Waals surface area contributed by atoms with Crippen LogP contribution in [0, 0.1) is 11.8 Å². The summed E-state index contributed by atoms with van der Waals surface area (Å²) in [4.78, 5) is 5.96. The molecule has 184 valence electrons. The Hall–Kier alpha value is -1.20. The standard InChI is InChI=1S/C30H42N2S2/c1-21-7-11-23(12-8-21)29-17-15-25(33-29)19-31-27-5-3-4-6-28(27)32-20-26-16-18-30(34-26)24-13-9-22(2)10-14-24/h11,13,15-18,21-22,27-28,31-32H,3-10,12,14,19-20H2,1-2H3/t21?,22?,27-,28-/m1/s1. The van der Waals surface area contributed by atoms with E-state index in [4.69, 9.17) is 0 Å². The van der Waals surface area contributed by atoms with E-state index in [2.05, 4.69) is 60.9 Å². The Balaban J connectivity index is 1.13. The van der Waals surface area contributed by atoms with E-state index in [9.17, 15) is 0 Å². The fraction of sp³-hybridized carbons (Fsp3) is 0.600. The molecule has 2 aromatic rings. The van der Waals surface area contributed by atoms with Gasteiger partial charge in [0.05, 0.1) is 0 Å². The average Bonchev–Trinajstić information content (AvgIpc) is 3.53. The maximum absolute atomic E-state index is 3.93. The molecule has 1 fully saturated rings. The number of rotatable bonds is 8. The van der Waals surface area contributed by atoms with Crippen LogP contribution in [0.5, 0.6) is 0 Å². The van der Waals surface area contributed by atoms with Crippen LogP contribution in [0.4, 0.5) is 0 Å². The number of hydrogen-bond donors (Lipinski definition) is 2. The van der Waals surface area contributed by atoms with Crippen molar-refractivity contribution in [2.45, 2.75) is 103 Å². The molecule has 0 saturated heterocycles. The highest BCUT2D eigenvalue weighted by Gasteiger charge is 2.25. The van der Waals surface area contributed by atoms with Crippen molar-refractivity contribution >= 4 is 33.8 Å². The van der Waals surface area contributed by atoms with Crippen molar-refractivity contribution in [1.29, 1.82) is 0 Å². The molecule has 4 atom stereocenters. The molecule has 4 heteroatoms. The van der Waals surface area contributed by atoms with Crippen molar-refractivity contribution in [2.75, 3.05) is 0 Å². The summed E-state index contributed by atoms with van der Waals surface area (Å²) >= 11 is 4.00. The Morgan fingerprint density at radius 2 is 1.15 bits per heavy atom. The van der Waals surface area contributed by atoms with E-state index in [1.54, 1.807) is 11.1 Å². The summed E-state index contributed by atoms with van der Waals surface area (Å²) in [6.45, 7) is 6.76. The quantitative estimate of drug-likeness (QED) is 0.385. The van der Waals surface area contributed by atoms with Crippen LogP contribution < -0.4 is 10.6 Å². The minimum absolute atomic E-state index is 0.580. The molecule has 2 unspecified atom stereocenters. The third-order valence-corrected chi connectivity index (χ3v) is 10.5. The van der Waals surface area contributed by atoms with Gasteiger partial charge >= 0.3 is 0 Å². The minimum Gasteiger partial charge on any atom is -0.308 e. The van der Waals surface area contributed by atoms with Crippen LogP contribution in [0.15, 0.2) is 36.4 Å². The summed E-state index contributed by atoms with van der Waals surface area (Å²) in [5, 5.41) is 7.86. The van der Waals surface area contributed by atoms with E-state index in [0.29, 0.717) is 12.1 Å². The lowest BCUT2D eigenvalue weighted by Gasteiger charge is -2.33. The average molecular weight is 495 g/mol. The molecule has 1 saturated carbocycles. The van der Waals surface area contributed by atoms with Gasteiger partial charge in [-0.2, -0.15) is 0 Å². The predicted octanol–water partition coefficient (Wildman–Crippen LogP) is 8.41. The Morgan fingerprint density at radius 1 is 0.676 bits per heavy atom. The van der Waals surface area contributed by atoms with Gasteiger partial charge in [0.15, 0.2) is 0 Å². The van der Waals surface area contributed by atoms with E-state index >= 15 is 0 Å². The molecular weight excluding hydrogens is 452 g/mol. The second kappa shape index (κ2) is 11.7. The molecule has 3 aliphatic carbocycles. The van der Waals surface area contributed by atoms with Crippen molar-refractivity contribution in [3.8, 4) is 0 Å². The van der Waals surface area contributed by atoms with Gasteiger partial charge < -0.3 is 10.6 Å². The van der Waals surface area contributed by atoms with Crippen LogP contribution in [0.3, 0.4) is 0 Å². The first kappa shape index (κ1) is 24.5. The number of thiophene rings is 2. The minimum atomic E-state index is 0.580. The van der Waals surface area contributed by atoms with Gasteiger partial charge in [-0.05, 0) is 98.6 Å². The van der Waals surface area contributed by atoms with Crippen LogP contribution in [-0.2, 0) is 13.1 Å². The summed E-state index contributed by atoms with van der Waals surface area (Å²) in [5.74, 6) is 1.71. The van der Waals surface area contributed by atoms with Gasteiger partial charge in [0, 0.05) is 44.7 Å². The van der Waals surface area contributed by atoms with E-state index in [-0.39, 0.29) is 0 Å². The van der Waals surface area contributed by atoms with E-state index in [1.165, 1.54) is 83.7 Å². The van der Waals surface area contributed by atoms with E-state index in [0.717, 1.165) is 24.9 Å². The van der Waals surface area contributed by atoms with Crippen LogP contribution >= 0.6 is 22.7 Å². The number of allylic oxidation sites excluding steroid dienone is 4. The van der Waals surface area contributed by atoms with Gasteiger partial charge in [-0.1, -0.05) is 38.8 Å². The zero-order chi connectivity index (χ0) is 23.3. The summed E-state index contributed by atoms with van der Waals surface area (Å²) in [5.41, 5.74) is 3.17. The van der Waals surface area contributed by atoms with Crippen LogP contribution in [0.25, 0.3) is 11.1 Å². The van der Waals surface area contributed by atoms with E-state index < -0.39 is 0 Å². The van der Waals surface area contributed by atoms with Gasteiger partial charge in [-0.3, -0.25) is 0 Å². The largest absolute Gasteiger partial charge is 0.308 e. The Kier molecular flexibility index (Phi) is 8.42. The maximum Gasteiger partial charge on any atom is 0.0303 e. The third kappa shape index (κ3) is 6.32. The lowest BCUT2D eigenvalue weighted by atomic mass is 9.90. The van der Waals surface area contributed by atoms with Crippen molar-refractivity contribution in [2.24, 2.45) is 11.8 Å². The van der Waals surface area contributed by atoms with Crippen LogP contribution in [0.2, 0.25) is 0 Å². The van der Waals surface area contributed by atoms with Crippen molar-refractivity contribution < 1.29 is 0 Å². The molecule has 5 rings (SSSR count). The normalized spacial score (nSPS) is 27.9. The lowest BCUT2D eigenvalue weighted by Crippen LogP contribution is -2.49. The zero-order valence-electron chi connectivity index (χ0n) is 21.1. The van der Waals surface area contributed by atoms with E-state index in [1.807, 2.05) is 22.7 Å². The van der Waals surface area contributed by atoms with Crippen molar-refractivity contribution in [3.63, 3.8) is 0 Å². The summed E-state index contributed by atoms with van der Waals surface area (Å²) in [7, 11) is 0. The molecule has 3 aliphatic rings. The highest BCUT2D eigenvalue weighted by molar-refractivity contribution is 7.13. The van der Waals surface area contributed by atoms with Gasteiger partial charge in [-0.25, -0.2) is 0 Å². The van der Waals surface area contributed by atoms with Crippen molar-refractivity contribution in [1.82, 2.24) is 10.6 Å². The molecule has 0 spiro atoms. The fourth-order valence-corrected chi connectivity index (χ4v) is 7.81. The maximum atomic E-state index is 3.93. The van der Waals surface area contributed by atoms with Crippen LogP contribution in [0.1, 0.15) is 97.6 Å². The predicted molar refractivity (Wildman–Crippen MR) is 150 cm³/mol. The Morgan fingerprint density at radius 3 is 1.56 bits per heavy atom. The monoisotopic (exact) mass is 494 g/mol. The molecule has 0 amide bonds. The molecule has 0 bridgehead atoms. The summed E-state index contributed by atoms with van der Waals surface area (Å²) in [6.07, 6.45) is 18.0. The molecule has 0 aromatic carbocycles. The second-order valence-corrected chi connectivity index (χ2v) is 13.3. The zero-order valence-corrected chi connectivity index (χ0v) is 22.7. The molecule has 0 aliphatic heterocycles. The highest BCUT2D eigenvalue weighted by Crippen LogP contribution is 2.35. The molecule has 2 nitrogen and oxygen atoms in total. The SMILES string of the molecule is CC1CC=C(c2ccc(CN[C@@H]3CCCC[C@H]3NCc3ccc(C4=CCC(C)CC4)s3)s2)CC1. The summed E-state index contributed by atoms with van der Waals surface area (Å²) in [6, 6.07) is 10.6. The smallest absolute Gasteiger partial charge is 0.0303 e. The highest BCUT2D eigenvalue weighted by atomic mass is 32.1. The first-order chi connectivity index (χ1) is 16.6. The summed E-state index contributed by atoms with van der Waals surface area (Å²) < 4.78 is 0. The molecular formula is C30H42N2S2. The number of nitrogens with one attached hydrogen (secondary N) is 2.